The van der Waals surface area contributed by atoms with Crippen molar-refractivity contribution in [1.29, 1.82) is 0 Å². The van der Waals surface area contributed by atoms with Gasteiger partial charge in [0.25, 0.3) is 5.91 Å². The summed E-state index contributed by atoms with van der Waals surface area (Å²) in [5.41, 5.74) is 1.24. The summed E-state index contributed by atoms with van der Waals surface area (Å²) in [7, 11) is 4.39. The van der Waals surface area contributed by atoms with Crippen molar-refractivity contribution in [3.63, 3.8) is 0 Å². The van der Waals surface area contributed by atoms with E-state index in [0.29, 0.717) is 34.6 Å². The fourth-order valence-electron chi connectivity index (χ4n) is 3.80. The standard InChI is InChI=1S/C20H28N4O5/c1-5-23-6-8-24(9-7-23)12-17(25)22-18-13-10-15(27-2)16(28-3)11-14(13)21-19(18)20(26)29-4/h10-11,21H,5-9,12H2,1-4H3,(H,22,25)/p+2. The maximum atomic E-state index is 12.8. The molecule has 1 aliphatic heterocycles. The quantitative estimate of drug-likeness (QED) is 0.429. The highest BCUT2D eigenvalue weighted by Gasteiger charge is 2.26. The number of hydrogen-bond acceptors (Lipinski definition) is 5. The van der Waals surface area contributed by atoms with Crippen molar-refractivity contribution in [3.8, 4) is 11.5 Å². The van der Waals surface area contributed by atoms with Gasteiger partial charge in [-0.3, -0.25) is 4.79 Å². The van der Waals surface area contributed by atoms with Gasteiger partial charge in [0.15, 0.2) is 18.0 Å². The monoisotopic (exact) mass is 406 g/mol. The number of ether oxygens (including phenoxy) is 3. The molecule has 1 aromatic heterocycles. The molecule has 0 aliphatic carbocycles. The molecule has 1 fully saturated rings. The predicted molar refractivity (Wildman–Crippen MR) is 108 cm³/mol. The first-order valence-electron chi connectivity index (χ1n) is 9.83. The van der Waals surface area contributed by atoms with Crippen LogP contribution in [0.5, 0.6) is 11.5 Å². The summed E-state index contributed by atoms with van der Waals surface area (Å²) in [6, 6.07) is 3.47. The third kappa shape index (κ3) is 4.46. The average molecular weight is 406 g/mol. The molecule has 0 radical (unpaired) electrons. The second-order valence-electron chi connectivity index (χ2n) is 7.20. The van der Waals surface area contributed by atoms with E-state index in [4.69, 9.17) is 14.2 Å². The number of methoxy groups -OCH3 is 3. The minimum atomic E-state index is -0.554. The molecule has 1 aromatic carbocycles. The number of benzene rings is 1. The van der Waals surface area contributed by atoms with Crippen molar-refractivity contribution in [2.45, 2.75) is 6.92 Å². The molecule has 0 bridgehead atoms. The van der Waals surface area contributed by atoms with Gasteiger partial charge < -0.3 is 34.3 Å². The van der Waals surface area contributed by atoms with Crippen LogP contribution in [0.25, 0.3) is 10.9 Å². The summed E-state index contributed by atoms with van der Waals surface area (Å²) in [6.45, 7) is 7.70. The molecule has 1 amide bonds. The molecular formula is C20H30N4O5+2. The summed E-state index contributed by atoms with van der Waals surface area (Å²) >= 11 is 0. The Kier molecular flexibility index (Phi) is 6.60. The van der Waals surface area contributed by atoms with E-state index in [1.54, 1.807) is 24.1 Å². The number of aromatic amines is 1. The Morgan fingerprint density at radius 3 is 2.24 bits per heavy atom. The smallest absolute Gasteiger partial charge is 0.356 e. The second-order valence-corrected chi connectivity index (χ2v) is 7.20. The van der Waals surface area contributed by atoms with Crippen LogP contribution >= 0.6 is 0 Å². The first-order chi connectivity index (χ1) is 14.0. The lowest BCUT2D eigenvalue weighted by molar-refractivity contribution is -1.01. The third-order valence-electron chi connectivity index (χ3n) is 5.53. The van der Waals surface area contributed by atoms with Crippen LogP contribution in [0.3, 0.4) is 0 Å². The number of carbonyl (C=O) groups is 2. The van der Waals surface area contributed by atoms with E-state index in [1.165, 1.54) is 19.1 Å². The Labute approximate surface area is 169 Å². The number of anilines is 1. The van der Waals surface area contributed by atoms with Gasteiger partial charge in [0, 0.05) is 11.5 Å². The van der Waals surface area contributed by atoms with Crippen molar-refractivity contribution >= 4 is 28.5 Å². The lowest BCUT2D eigenvalue weighted by Gasteiger charge is -2.28. The average Bonchev–Trinajstić information content (AvgIpc) is 3.09. The maximum absolute atomic E-state index is 12.8. The molecule has 9 nitrogen and oxygen atoms in total. The van der Waals surface area contributed by atoms with Crippen LogP contribution in [0.15, 0.2) is 12.1 Å². The molecule has 0 atom stereocenters. The van der Waals surface area contributed by atoms with E-state index in [1.807, 2.05) is 0 Å². The summed E-state index contributed by atoms with van der Waals surface area (Å²) in [5.74, 6) is 0.342. The van der Waals surface area contributed by atoms with Crippen LogP contribution in [0, 0.1) is 0 Å². The number of likely N-dealkylation sites (N-methyl/N-ethyl adjacent to an activating group) is 1. The van der Waals surface area contributed by atoms with E-state index < -0.39 is 5.97 Å². The highest BCUT2D eigenvalue weighted by molar-refractivity contribution is 6.11. The number of hydrogen-bond donors (Lipinski definition) is 4. The van der Waals surface area contributed by atoms with Crippen molar-refractivity contribution in [1.82, 2.24) is 4.98 Å². The van der Waals surface area contributed by atoms with Gasteiger partial charge in [-0.1, -0.05) is 0 Å². The van der Waals surface area contributed by atoms with Crippen molar-refractivity contribution in [2.75, 3.05) is 65.9 Å². The van der Waals surface area contributed by atoms with Crippen LogP contribution in [-0.4, -0.2) is 77.5 Å². The van der Waals surface area contributed by atoms with Crippen LogP contribution in [0.4, 0.5) is 5.69 Å². The lowest BCUT2D eigenvalue weighted by atomic mass is 10.2. The third-order valence-corrected chi connectivity index (χ3v) is 5.53. The zero-order chi connectivity index (χ0) is 21.0. The van der Waals surface area contributed by atoms with Gasteiger partial charge in [-0.2, -0.15) is 0 Å². The number of fused-ring (bicyclic) bond motifs is 1. The Morgan fingerprint density at radius 1 is 1.03 bits per heavy atom. The molecule has 1 saturated heterocycles. The minimum Gasteiger partial charge on any atom is -0.493 e. The van der Waals surface area contributed by atoms with Crippen LogP contribution in [0.1, 0.15) is 17.4 Å². The Hall–Kier alpha value is -2.78. The molecule has 1 aliphatic rings. The predicted octanol–water partition coefficient (Wildman–Crippen LogP) is -1.29. The minimum absolute atomic E-state index is 0.138. The Morgan fingerprint density at radius 2 is 1.66 bits per heavy atom. The van der Waals surface area contributed by atoms with Crippen molar-refractivity contribution in [3.05, 3.63) is 17.8 Å². The molecule has 29 heavy (non-hydrogen) atoms. The fourth-order valence-corrected chi connectivity index (χ4v) is 3.80. The normalized spacial score (nSPS) is 19.0. The number of aromatic nitrogens is 1. The van der Waals surface area contributed by atoms with Gasteiger partial charge in [0.2, 0.25) is 0 Å². The van der Waals surface area contributed by atoms with E-state index in [9.17, 15) is 9.59 Å². The highest BCUT2D eigenvalue weighted by Crippen LogP contribution is 2.37. The number of rotatable bonds is 7. The van der Waals surface area contributed by atoms with E-state index in [2.05, 4.69) is 17.2 Å². The molecule has 3 rings (SSSR count). The fraction of sp³-hybridized carbons (Fsp3) is 0.500. The van der Waals surface area contributed by atoms with Crippen molar-refractivity contribution < 1.29 is 33.6 Å². The van der Waals surface area contributed by atoms with E-state index in [-0.39, 0.29) is 11.6 Å². The summed E-state index contributed by atoms with van der Waals surface area (Å²) < 4.78 is 15.6. The van der Waals surface area contributed by atoms with Crippen LogP contribution in [0.2, 0.25) is 0 Å². The van der Waals surface area contributed by atoms with Gasteiger partial charge in [0.1, 0.15) is 31.9 Å². The number of H-pyrrole nitrogens is 1. The first-order valence-corrected chi connectivity index (χ1v) is 9.83. The Bertz CT molecular complexity index is 887. The molecule has 4 N–H and O–H groups in total. The molecule has 9 heteroatoms. The molecule has 158 valence electrons. The van der Waals surface area contributed by atoms with E-state index in [0.717, 1.165) is 32.7 Å². The zero-order valence-electron chi connectivity index (χ0n) is 17.4. The van der Waals surface area contributed by atoms with Crippen LogP contribution in [-0.2, 0) is 9.53 Å². The number of amides is 1. The molecule has 0 saturated carbocycles. The number of piperazine rings is 1. The van der Waals surface area contributed by atoms with Gasteiger partial charge in [-0.05, 0) is 13.0 Å². The van der Waals surface area contributed by atoms with Gasteiger partial charge in [-0.25, -0.2) is 4.79 Å². The molecular weight excluding hydrogens is 376 g/mol. The topological polar surface area (TPSA) is 98.5 Å². The van der Waals surface area contributed by atoms with Gasteiger partial charge in [0.05, 0.1) is 39.1 Å². The number of esters is 1. The maximum Gasteiger partial charge on any atom is 0.356 e. The number of carbonyl (C=O) groups excluding carboxylic acids is 2. The number of quaternary nitrogens is 2. The lowest BCUT2D eigenvalue weighted by Crippen LogP contribution is -3.28. The van der Waals surface area contributed by atoms with E-state index >= 15 is 0 Å². The SMILES string of the molecule is CC[NH+]1CC[NH+](CC(=O)Nc2c(C(=O)OC)[nH]c3cc(OC)c(OC)cc23)CC1. The number of nitrogens with one attached hydrogen (secondary N) is 4. The molecule has 0 spiro atoms. The second kappa shape index (κ2) is 9.15. The summed E-state index contributed by atoms with van der Waals surface area (Å²) in [4.78, 5) is 30.9. The summed E-state index contributed by atoms with van der Waals surface area (Å²) in [6.07, 6.45) is 0. The molecule has 2 heterocycles. The molecule has 2 aromatic rings. The zero-order valence-corrected chi connectivity index (χ0v) is 17.4. The van der Waals surface area contributed by atoms with Crippen molar-refractivity contribution in [2.24, 2.45) is 0 Å². The molecule has 0 unspecified atom stereocenters. The van der Waals surface area contributed by atoms with Crippen LogP contribution < -0.4 is 24.6 Å². The van der Waals surface area contributed by atoms with Gasteiger partial charge >= 0.3 is 5.97 Å². The summed E-state index contributed by atoms with van der Waals surface area (Å²) in [5, 5.41) is 3.57. The highest BCUT2D eigenvalue weighted by atomic mass is 16.5. The first kappa shape index (κ1) is 20.9. The Balaban J connectivity index is 1.86. The van der Waals surface area contributed by atoms with Gasteiger partial charge in [-0.15, -0.1) is 0 Å². The largest absolute Gasteiger partial charge is 0.493 e.